The van der Waals surface area contributed by atoms with Crippen LogP contribution in [0.15, 0.2) is 36.4 Å². The lowest BCUT2D eigenvalue weighted by Crippen LogP contribution is -2.46. The van der Waals surface area contributed by atoms with Gasteiger partial charge in [0.2, 0.25) is 0 Å². The molecular formula is C24H26FN3O3. The first-order valence-corrected chi connectivity index (χ1v) is 11.0. The summed E-state index contributed by atoms with van der Waals surface area (Å²) in [5.41, 5.74) is 2.11. The van der Waals surface area contributed by atoms with Crippen molar-refractivity contribution in [2.24, 2.45) is 5.92 Å². The van der Waals surface area contributed by atoms with Gasteiger partial charge in [-0.05, 0) is 81.4 Å². The van der Waals surface area contributed by atoms with E-state index in [1.54, 1.807) is 36.1 Å². The zero-order chi connectivity index (χ0) is 21.8. The lowest BCUT2D eigenvalue weighted by molar-refractivity contribution is -0.385. The number of nitro benzene ring substituents is 1. The molecule has 0 radical (unpaired) electrons. The highest BCUT2D eigenvalue weighted by molar-refractivity contribution is 6.08. The second-order valence-corrected chi connectivity index (χ2v) is 9.34. The molecule has 2 fully saturated rings. The van der Waals surface area contributed by atoms with Gasteiger partial charge < -0.3 is 9.80 Å². The summed E-state index contributed by atoms with van der Waals surface area (Å²) in [6, 6.07) is 9.24. The molecule has 7 heteroatoms. The van der Waals surface area contributed by atoms with Crippen LogP contribution in [0.25, 0.3) is 0 Å². The number of hydrogen-bond acceptors (Lipinski definition) is 4. The van der Waals surface area contributed by atoms with E-state index < -0.39 is 4.92 Å². The van der Waals surface area contributed by atoms with Gasteiger partial charge in [0.15, 0.2) is 0 Å². The maximum Gasteiger partial charge on any atom is 0.273 e. The van der Waals surface area contributed by atoms with Crippen LogP contribution in [0.2, 0.25) is 0 Å². The number of carbonyl (C=O) groups is 1. The van der Waals surface area contributed by atoms with Crippen LogP contribution in [0.4, 0.5) is 15.8 Å². The number of hydrogen-bond donors (Lipinski definition) is 0. The van der Waals surface area contributed by atoms with Crippen LogP contribution in [0.1, 0.15) is 47.2 Å². The first kappa shape index (κ1) is 20.1. The molecule has 1 aliphatic carbocycles. The molecule has 2 aromatic rings. The van der Waals surface area contributed by atoms with Crippen molar-refractivity contribution in [1.82, 2.24) is 4.90 Å². The number of rotatable bonds is 4. The number of benzene rings is 2. The van der Waals surface area contributed by atoms with E-state index in [-0.39, 0.29) is 28.4 Å². The Morgan fingerprint density at radius 3 is 2.61 bits per heavy atom. The number of likely N-dealkylation sites (tertiary alicyclic amines) is 1. The number of aryl methyl sites for hydroxylation is 1. The quantitative estimate of drug-likeness (QED) is 0.538. The number of piperidine rings is 1. The standard InChI is InChI=1S/C24H26FN3O3/c1-16-2-5-18(12-22(16)28(30)31)23(29)27-15-24(20-13-19(25)6-7-21(20)27)8-10-26(11-9-24)14-17-3-4-17/h2,5-7,12-13,17H,3-4,8-11,14-15H2,1H3. The van der Waals surface area contributed by atoms with Crippen molar-refractivity contribution in [2.45, 2.75) is 38.0 Å². The molecule has 0 atom stereocenters. The monoisotopic (exact) mass is 423 g/mol. The molecule has 0 bridgehead atoms. The van der Waals surface area contributed by atoms with Crippen LogP contribution in [-0.2, 0) is 5.41 Å². The zero-order valence-electron chi connectivity index (χ0n) is 17.6. The summed E-state index contributed by atoms with van der Waals surface area (Å²) in [5, 5.41) is 11.3. The molecule has 1 amide bonds. The smallest absolute Gasteiger partial charge is 0.273 e. The van der Waals surface area contributed by atoms with Gasteiger partial charge in [0.05, 0.1) is 4.92 Å². The van der Waals surface area contributed by atoms with Crippen LogP contribution in [-0.4, -0.2) is 41.9 Å². The summed E-state index contributed by atoms with van der Waals surface area (Å²) in [6.07, 6.45) is 4.41. The van der Waals surface area contributed by atoms with Gasteiger partial charge in [-0.2, -0.15) is 0 Å². The summed E-state index contributed by atoms with van der Waals surface area (Å²) >= 11 is 0. The molecule has 162 valence electrons. The molecule has 0 N–H and O–H groups in total. The summed E-state index contributed by atoms with van der Waals surface area (Å²) in [7, 11) is 0. The second-order valence-electron chi connectivity index (χ2n) is 9.34. The Morgan fingerprint density at radius 2 is 1.94 bits per heavy atom. The molecule has 1 saturated carbocycles. The van der Waals surface area contributed by atoms with Crippen LogP contribution >= 0.6 is 0 Å². The third kappa shape index (κ3) is 3.61. The largest absolute Gasteiger partial charge is 0.307 e. The second kappa shape index (κ2) is 7.41. The number of halogens is 1. The van der Waals surface area contributed by atoms with E-state index >= 15 is 0 Å². The fourth-order valence-electron chi connectivity index (χ4n) is 5.17. The summed E-state index contributed by atoms with van der Waals surface area (Å²) in [4.78, 5) is 28.5. The Hall–Kier alpha value is -2.80. The minimum absolute atomic E-state index is 0.0625. The Balaban J connectivity index is 1.45. The van der Waals surface area contributed by atoms with Crippen molar-refractivity contribution in [1.29, 1.82) is 0 Å². The predicted octanol–water partition coefficient (Wildman–Crippen LogP) is 4.45. The first-order valence-electron chi connectivity index (χ1n) is 11.0. The Kier molecular flexibility index (Phi) is 4.81. The molecule has 3 aliphatic rings. The van der Waals surface area contributed by atoms with Crippen molar-refractivity contribution in [3.8, 4) is 0 Å². The van der Waals surface area contributed by atoms with Crippen LogP contribution in [0.5, 0.6) is 0 Å². The molecule has 2 aromatic carbocycles. The van der Waals surface area contributed by atoms with Crippen LogP contribution in [0.3, 0.4) is 0 Å². The average Bonchev–Trinajstić information content (AvgIpc) is 3.52. The van der Waals surface area contributed by atoms with Crippen molar-refractivity contribution < 1.29 is 14.1 Å². The third-order valence-corrected chi connectivity index (χ3v) is 7.21. The maximum atomic E-state index is 14.2. The highest BCUT2D eigenvalue weighted by Crippen LogP contribution is 2.48. The average molecular weight is 423 g/mol. The number of carbonyl (C=O) groups excluding carboxylic acids is 1. The number of fused-ring (bicyclic) bond motifs is 2. The van der Waals surface area contributed by atoms with Crippen molar-refractivity contribution in [3.63, 3.8) is 0 Å². The molecule has 5 rings (SSSR count). The highest BCUT2D eigenvalue weighted by atomic mass is 19.1. The van der Waals surface area contributed by atoms with E-state index in [0.29, 0.717) is 12.1 Å². The lowest BCUT2D eigenvalue weighted by Gasteiger charge is -2.40. The minimum atomic E-state index is -0.462. The molecule has 2 heterocycles. The summed E-state index contributed by atoms with van der Waals surface area (Å²) in [6.45, 7) is 5.19. The van der Waals surface area contributed by atoms with Gasteiger partial charge in [0, 0.05) is 41.4 Å². The fourth-order valence-corrected chi connectivity index (χ4v) is 5.17. The number of amides is 1. The van der Waals surface area contributed by atoms with E-state index in [1.165, 1.54) is 25.0 Å². The Bertz CT molecular complexity index is 1060. The maximum absolute atomic E-state index is 14.2. The van der Waals surface area contributed by atoms with Crippen LogP contribution < -0.4 is 4.90 Å². The topological polar surface area (TPSA) is 66.7 Å². The van der Waals surface area contributed by atoms with E-state index in [0.717, 1.165) is 49.6 Å². The van der Waals surface area contributed by atoms with Gasteiger partial charge in [0.1, 0.15) is 5.82 Å². The van der Waals surface area contributed by atoms with E-state index in [1.807, 2.05) is 0 Å². The van der Waals surface area contributed by atoms with Gasteiger partial charge in [-0.3, -0.25) is 14.9 Å². The molecule has 0 unspecified atom stereocenters. The molecule has 31 heavy (non-hydrogen) atoms. The molecule has 2 aliphatic heterocycles. The van der Waals surface area contributed by atoms with E-state index in [4.69, 9.17) is 0 Å². The Labute approximate surface area is 180 Å². The number of anilines is 1. The first-order chi connectivity index (χ1) is 14.9. The predicted molar refractivity (Wildman–Crippen MR) is 116 cm³/mol. The number of nitrogens with zero attached hydrogens (tertiary/aromatic N) is 3. The fraction of sp³-hybridized carbons (Fsp3) is 0.458. The van der Waals surface area contributed by atoms with Crippen molar-refractivity contribution in [3.05, 3.63) is 69.0 Å². The third-order valence-electron chi connectivity index (χ3n) is 7.21. The van der Waals surface area contributed by atoms with Gasteiger partial charge >= 0.3 is 0 Å². The minimum Gasteiger partial charge on any atom is -0.307 e. The molecule has 1 spiro atoms. The van der Waals surface area contributed by atoms with Crippen molar-refractivity contribution >= 4 is 17.3 Å². The SMILES string of the molecule is Cc1ccc(C(=O)N2CC3(CCN(CC4CC4)CC3)c3cc(F)ccc32)cc1[N+](=O)[O-]. The highest BCUT2D eigenvalue weighted by Gasteiger charge is 2.47. The zero-order valence-corrected chi connectivity index (χ0v) is 17.6. The molecule has 6 nitrogen and oxygen atoms in total. The van der Waals surface area contributed by atoms with Gasteiger partial charge in [0.25, 0.3) is 11.6 Å². The van der Waals surface area contributed by atoms with Gasteiger partial charge in [-0.1, -0.05) is 6.07 Å². The number of nitro groups is 1. The summed E-state index contributed by atoms with van der Waals surface area (Å²) < 4.78 is 14.2. The Morgan fingerprint density at radius 1 is 1.19 bits per heavy atom. The molecule has 1 saturated heterocycles. The summed E-state index contributed by atoms with van der Waals surface area (Å²) in [5.74, 6) is 0.268. The normalized spacial score (nSPS) is 20.1. The van der Waals surface area contributed by atoms with E-state index in [9.17, 15) is 19.3 Å². The molecular weight excluding hydrogens is 397 g/mol. The van der Waals surface area contributed by atoms with Gasteiger partial charge in [-0.25, -0.2) is 4.39 Å². The van der Waals surface area contributed by atoms with Crippen molar-refractivity contribution in [2.75, 3.05) is 31.1 Å². The van der Waals surface area contributed by atoms with E-state index in [2.05, 4.69) is 4.90 Å². The van der Waals surface area contributed by atoms with Gasteiger partial charge in [-0.15, -0.1) is 0 Å². The van der Waals surface area contributed by atoms with Crippen LogP contribution in [0, 0.1) is 28.8 Å². The lowest BCUT2D eigenvalue weighted by atomic mass is 9.74. The molecule has 0 aromatic heterocycles.